The number of pyridine rings is 1. The van der Waals surface area contributed by atoms with Gasteiger partial charge in [-0.3, -0.25) is 4.98 Å². The zero-order valence-corrected chi connectivity index (χ0v) is 11.2. The standard InChI is InChI=1S/C15H11F3N4/c16-15(17,18)14-9-13(10-5-7-20-8-6-10)21-22(14)12-3-1-11(19)2-4-12/h1-9H,19H2. The zero-order valence-electron chi connectivity index (χ0n) is 11.2. The molecule has 0 aliphatic carbocycles. The van der Waals surface area contributed by atoms with E-state index in [1.807, 2.05) is 0 Å². The molecule has 0 amide bonds. The van der Waals surface area contributed by atoms with Gasteiger partial charge in [0.15, 0.2) is 0 Å². The fourth-order valence-corrected chi connectivity index (χ4v) is 2.06. The van der Waals surface area contributed by atoms with E-state index in [4.69, 9.17) is 5.73 Å². The highest BCUT2D eigenvalue weighted by Crippen LogP contribution is 2.34. The van der Waals surface area contributed by atoms with Crippen LogP contribution in [0.2, 0.25) is 0 Å². The van der Waals surface area contributed by atoms with E-state index in [0.717, 1.165) is 10.7 Å². The Kier molecular flexibility index (Phi) is 3.32. The molecule has 0 atom stereocenters. The Hall–Kier alpha value is -2.83. The maximum atomic E-state index is 13.2. The monoisotopic (exact) mass is 304 g/mol. The predicted molar refractivity (Wildman–Crippen MR) is 76.2 cm³/mol. The quantitative estimate of drug-likeness (QED) is 0.737. The van der Waals surface area contributed by atoms with E-state index in [2.05, 4.69) is 10.1 Å². The maximum Gasteiger partial charge on any atom is 0.433 e. The number of hydrogen-bond donors (Lipinski definition) is 1. The lowest BCUT2D eigenvalue weighted by molar-refractivity contribution is -0.142. The third-order valence-corrected chi connectivity index (χ3v) is 3.11. The van der Waals surface area contributed by atoms with Crippen LogP contribution in [0.25, 0.3) is 16.9 Å². The van der Waals surface area contributed by atoms with Crippen LogP contribution in [0.5, 0.6) is 0 Å². The van der Waals surface area contributed by atoms with Gasteiger partial charge < -0.3 is 5.73 Å². The molecule has 0 bridgehead atoms. The molecule has 0 saturated carbocycles. The summed E-state index contributed by atoms with van der Waals surface area (Å²) in [5.74, 6) is 0. The highest BCUT2D eigenvalue weighted by Gasteiger charge is 2.36. The third-order valence-electron chi connectivity index (χ3n) is 3.11. The summed E-state index contributed by atoms with van der Waals surface area (Å²) < 4.78 is 40.6. The number of rotatable bonds is 2. The molecule has 0 radical (unpaired) electrons. The van der Waals surface area contributed by atoms with Crippen molar-refractivity contribution in [1.82, 2.24) is 14.8 Å². The fraction of sp³-hybridized carbons (Fsp3) is 0.0667. The molecule has 22 heavy (non-hydrogen) atoms. The highest BCUT2D eigenvalue weighted by molar-refractivity contribution is 5.60. The highest BCUT2D eigenvalue weighted by atomic mass is 19.4. The van der Waals surface area contributed by atoms with Crippen LogP contribution < -0.4 is 5.73 Å². The Morgan fingerprint density at radius 3 is 2.18 bits per heavy atom. The fourth-order valence-electron chi connectivity index (χ4n) is 2.06. The molecule has 0 aliphatic rings. The Morgan fingerprint density at radius 1 is 0.955 bits per heavy atom. The molecule has 2 heterocycles. The molecule has 0 aliphatic heterocycles. The SMILES string of the molecule is Nc1ccc(-n2nc(-c3ccncc3)cc2C(F)(F)F)cc1. The molecular formula is C15H11F3N4. The van der Waals surface area contributed by atoms with Crippen molar-refractivity contribution < 1.29 is 13.2 Å². The Labute approximate surface area is 124 Å². The number of halogens is 3. The van der Waals surface area contributed by atoms with Gasteiger partial charge in [-0.15, -0.1) is 0 Å². The van der Waals surface area contributed by atoms with Crippen LogP contribution in [0, 0.1) is 0 Å². The van der Waals surface area contributed by atoms with Crippen molar-refractivity contribution in [3.63, 3.8) is 0 Å². The van der Waals surface area contributed by atoms with E-state index in [1.54, 1.807) is 12.1 Å². The Bertz CT molecular complexity index is 777. The first-order valence-corrected chi connectivity index (χ1v) is 6.39. The van der Waals surface area contributed by atoms with E-state index in [9.17, 15) is 13.2 Å². The van der Waals surface area contributed by atoms with E-state index in [1.165, 1.54) is 36.7 Å². The number of aromatic nitrogens is 3. The van der Waals surface area contributed by atoms with Crippen molar-refractivity contribution in [3.8, 4) is 16.9 Å². The summed E-state index contributed by atoms with van der Waals surface area (Å²) in [6.07, 6.45) is -1.50. The first-order valence-electron chi connectivity index (χ1n) is 6.39. The molecule has 2 N–H and O–H groups in total. The van der Waals surface area contributed by atoms with Crippen LogP contribution in [0.15, 0.2) is 54.9 Å². The minimum atomic E-state index is -4.51. The van der Waals surface area contributed by atoms with Gasteiger partial charge in [-0.25, -0.2) is 4.68 Å². The first-order chi connectivity index (χ1) is 10.4. The van der Waals surface area contributed by atoms with Crippen LogP contribution in [0.3, 0.4) is 0 Å². The molecule has 3 rings (SSSR count). The van der Waals surface area contributed by atoms with Gasteiger partial charge in [0.05, 0.1) is 11.4 Å². The summed E-state index contributed by atoms with van der Waals surface area (Å²) in [6, 6.07) is 10.3. The van der Waals surface area contributed by atoms with Gasteiger partial charge >= 0.3 is 6.18 Å². The summed E-state index contributed by atoms with van der Waals surface area (Å²) in [6.45, 7) is 0. The molecule has 112 valence electrons. The lowest BCUT2D eigenvalue weighted by Crippen LogP contribution is -2.13. The topological polar surface area (TPSA) is 56.7 Å². The number of nitrogens with two attached hydrogens (primary N) is 1. The van der Waals surface area contributed by atoms with Gasteiger partial charge in [0, 0.05) is 23.6 Å². The van der Waals surface area contributed by atoms with Gasteiger partial charge in [0.1, 0.15) is 5.69 Å². The summed E-state index contributed by atoms with van der Waals surface area (Å²) in [7, 11) is 0. The molecule has 0 saturated heterocycles. The molecule has 0 spiro atoms. The summed E-state index contributed by atoms with van der Waals surface area (Å²) in [4.78, 5) is 3.85. The van der Waals surface area contributed by atoms with Crippen LogP contribution in [0.1, 0.15) is 5.69 Å². The molecule has 2 aromatic heterocycles. The van der Waals surface area contributed by atoms with Gasteiger partial charge in [0.2, 0.25) is 0 Å². The van der Waals surface area contributed by atoms with Crippen LogP contribution in [-0.2, 0) is 6.18 Å². The van der Waals surface area contributed by atoms with Gasteiger partial charge in [-0.05, 0) is 42.5 Å². The molecule has 0 unspecified atom stereocenters. The van der Waals surface area contributed by atoms with E-state index < -0.39 is 11.9 Å². The second-order valence-corrected chi connectivity index (χ2v) is 4.65. The van der Waals surface area contributed by atoms with Crippen LogP contribution in [0.4, 0.5) is 18.9 Å². The summed E-state index contributed by atoms with van der Waals surface area (Å²) in [5, 5.41) is 4.07. The van der Waals surface area contributed by atoms with Gasteiger partial charge in [0.25, 0.3) is 0 Å². The van der Waals surface area contributed by atoms with E-state index in [0.29, 0.717) is 16.9 Å². The number of nitrogen functional groups attached to an aromatic ring is 1. The predicted octanol–water partition coefficient (Wildman–Crippen LogP) is 3.54. The average Bonchev–Trinajstić information content (AvgIpc) is 2.94. The molecule has 1 aromatic carbocycles. The lowest BCUT2D eigenvalue weighted by atomic mass is 10.2. The normalized spacial score (nSPS) is 11.6. The molecule has 3 aromatic rings. The molecule has 4 nitrogen and oxygen atoms in total. The summed E-state index contributed by atoms with van der Waals surface area (Å²) >= 11 is 0. The van der Waals surface area contributed by atoms with Crippen molar-refractivity contribution in [2.45, 2.75) is 6.18 Å². The van der Waals surface area contributed by atoms with Crippen LogP contribution >= 0.6 is 0 Å². The molecular weight excluding hydrogens is 293 g/mol. The number of nitrogens with zero attached hydrogens (tertiary/aromatic N) is 3. The number of alkyl halides is 3. The molecule has 0 fully saturated rings. The second kappa shape index (κ2) is 5.18. The van der Waals surface area contributed by atoms with Crippen molar-refractivity contribution in [1.29, 1.82) is 0 Å². The minimum Gasteiger partial charge on any atom is -0.399 e. The van der Waals surface area contributed by atoms with Crippen molar-refractivity contribution in [3.05, 3.63) is 60.6 Å². The van der Waals surface area contributed by atoms with Crippen molar-refractivity contribution >= 4 is 5.69 Å². The van der Waals surface area contributed by atoms with Crippen LogP contribution in [-0.4, -0.2) is 14.8 Å². The summed E-state index contributed by atoms with van der Waals surface area (Å²) in [5.41, 5.74) is 6.28. The van der Waals surface area contributed by atoms with E-state index >= 15 is 0 Å². The second-order valence-electron chi connectivity index (χ2n) is 4.65. The first kappa shape index (κ1) is 14.1. The Morgan fingerprint density at radius 2 is 1.59 bits per heavy atom. The average molecular weight is 304 g/mol. The number of benzene rings is 1. The Balaban J connectivity index is 2.16. The molecule has 7 heteroatoms. The largest absolute Gasteiger partial charge is 0.433 e. The third kappa shape index (κ3) is 2.65. The number of hydrogen-bond acceptors (Lipinski definition) is 3. The minimum absolute atomic E-state index is 0.228. The maximum absolute atomic E-state index is 13.2. The zero-order chi connectivity index (χ0) is 15.7. The smallest absolute Gasteiger partial charge is 0.399 e. The lowest BCUT2D eigenvalue weighted by Gasteiger charge is -2.10. The van der Waals surface area contributed by atoms with Gasteiger partial charge in [-0.2, -0.15) is 18.3 Å². The van der Waals surface area contributed by atoms with Crippen molar-refractivity contribution in [2.24, 2.45) is 0 Å². The van der Waals surface area contributed by atoms with E-state index in [-0.39, 0.29) is 5.69 Å². The number of anilines is 1. The van der Waals surface area contributed by atoms with Crippen molar-refractivity contribution in [2.75, 3.05) is 5.73 Å². The van der Waals surface area contributed by atoms with Gasteiger partial charge in [-0.1, -0.05) is 0 Å².